The highest BCUT2D eigenvalue weighted by molar-refractivity contribution is 8.76. The zero-order chi connectivity index (χ0) is 8.93. The van der Waals surface area contributed by atoms with Crippen LogP contribution in [0.1, 0.15) is 5.76 Å². The van der Waals surface area contributed by atoms with E-state index < -0.39 is 0 Å². The van der Waals surface area contributed by atoms with Crippen molar-refractivity contribution in [2.45, 2.75) is 10.6 Å². The highest BCUT2D eigenvalue weighted by Crippen LogP contribution is 2.33. The Kier molecular flexibility index (Phi) is 3.05. The van der Waals surface area contributed by atoms with E-state index in [9.17, 15) is 0 Å². The quantitative estimate of drug-likeness (QED) is 0.720. The largest absolute Gasteiger partial charge is 0.471 e. The number of hydrogen-bond donors (Lipinski definition) is 0. The molecule has 0 fully saturated rings. The van der Waals surface area contributed by atoms with Crippen LogP contribution < -0.4 is 0 Å². The zero-order valence-electron chi connectivity index (χ0n) is 6.80. The van der Waals surface area contributed by atoms with Crippen molar-refractivity contribution < 1.29 is 8.83 Å². The molecule has 4 heteroatoms. The third kappa shape index (κ3) is 2.60. The molecule has 2 heterocycles. The number of furan rings is 2. The molecule has 0 bridgehead atoms. The van der Waals surface area contributed by atoms with E-state index in [1.165, 1.54) is 0 Å². The predicted octanol–water partition coefficient (Wildman–Crippen LogP) is 3.81. The highest BCUT2D eigenvalue weighted by Gasteiger charge is 1.98. The van der Waals surface area contributed by atoms with Crippen LogP contribution >= 0.6 is 21.6 Å². The van der Waals surface area contributed by atoms with Crippen molar-refractivity contribution in [1.82, 2.24) is 0 Å². The zero-order valence-corrected chi connectivity index (χ0v) is 8.44. The first kappa shape index (κ1) is 8.84. The van der Waals surface area contributed by atoms with Gasteiger partial charge in [0, 0.05) is 0 Å². The second-order valence-corrected chi connectivity index (χ2v) is 4.75. The lowest BCUT2D eigenvalue weighted by Gasteiger charge is -1.94. The topological polar surface area (TPSA) is 26.3 Å². The molecule has 0 aliphatic carbocycles. The third-order valence-electron chi connectivity index (χ3n) is 1.43. The van der Waals surface area contributed by atoms with Crippen LogP contribution in [0.15, 0.2) is 50.7 Å². The standard InChI is InChI=1S/C9H8O2S2/c1-2-8(11-4-1)7-12-13-9-3-5-10-6-9/h1-6H,7H2. The van der Waals surface area contributed by atoms with E-state index >= 15 is 0 Å². The molecule has 0 spiro atoms. The van der Waals surface area contributed by atoms with Crippen molar-refractivity contribution in [2.75, 3.05) is 0 Å². The van der Waals surface area contributed by atoms with Crippen LogP contribution in [0.25, 0.3) is 0 Å². The Morgan fingerprint density at radius 3 is 2.92 bits per heavy atom. The van der Waals surface area contributed by atoms with Crippen molar-refractivity contribution in [3.8, 4) is 0 Å². The average molecular weight is 212 g/mol. The summed E-state index contributed by atoms with van der Waals surface area (Å²) < 4.78 is 10.1. The minimum absolute atomic E-state index is 0.878. The highest BCUT2D eigenvalue weighted by atomic mass is 33.1. The molecule has 0 amide bonds. The van der Waals surface area contributed by atoms with Crippen molar-refractivity contribution in [1.29, 1.82) is 0 Å². The molecule has 0 aliphatic rings. The second-order valence-electron chi connectivity index (χ2n) is 2.38. The lowest BCUT2D eigenvalue weighted by atomic mass is 10.5. The summed E-state index contributed by atoms with van der Waals surface area (Å²) in [5, 5.41) is 0. The fraction of sp³-hybridized carbons (Fsp3) is 0.111. The van der Waals surface area contributed by atoms with Gasteiger partial charge in [-0.3, -0.25) is 0 Å². The molecule has 0 aliphatic heterocycles. The normalized spacial score (nSPS) is 10.5. The Morgan fingerprint density at radius 2 is 2.23 bits per heavy atom. The van der Waals surface area contributed by atoms with E-state index in [-0.39, 0.29) is 0 Å². The fourth-order valence-electron chi connectivity index (χ4n) is 0.850. The van der Waals surface area contributed by atoms with Crippen LogP contribution in [-0.2, 0) is 5.75 Å². The van der Waals surface area contributed by atoms with Gasteiger partial charge < -0.3 is 8.83 Å². The van der Waals surface area contributed by atoms with Gasteiger partial charge in [-0.15, -0.1) is 0 Å². The van der Waals surface area contributed by atoms with Crippen LogP contribution in [0.3, 0.4) is 0 Å². The van der Waals surface area contributed by atoms with Crippen LogP contribution in [0.4, 0.5) is 0 Å². The molecule has 0 radical (unpaired) electrons. The van der Waals surface area contributed by atoms with Crippen LogP contribution in [0, 0.1) is 0 Å². The molecular weight excluding hydrogens is 204 g/mol. The monoisotopic (exact) mass is 212 g/mol. The van der Waals surface area contributed by atoms with Crippen LogP contribution in [-0.4, -0.2) is 0 Å². The van der Waals surface area contributed by atoms with Gasteiger partial charge in [-0.05, 0) is 18.2 Å². The van der Waals surface area contributed by atoms with Gasteiger partial charge in [0.1, 0.15) is 12.0 Å². The van der Waals surface area contributed by atoms with Crippen LogP contribution in [0.2, 0.25) is 0 Å². The van der Waals surface area contributed by atoms with Gasteiger partial charge in [0.05, 0.1) is 23.2 Å². The smallest absolute Gasteiger partial charge is 0.114 e. The lowest BCUT2D eigenvalue weighted by Crippen LogP contribution is -1.69. The molecule has 2 aromatic heterocycles. The van der Waals surface area contributed by atoms with Crippen LogP contribution in [0.5, 0.6) is 0 Å². The van der Waals surface area contributed by atoms with E-state index in [2.05, 4.69) is 0 Å². The Hall–Kier alpha value is -0.740. The molecule has 0 saturated carbocycles. The minimum Gasteiger partial charge on any atom is -0.471 e. The molecule has 0 N–H and O–H groups in total. The number of rotatable bonds is 4. The maximum absolute atomic E-state index is 5.20. The number of hydrogen-bond acceptors (Lipinski definition) is 4. The van der Waals surface area contributed by atoms with Gasteiger partial charge in [-0.2, -0.15) is 0 Å². The second kappa shape index (κ2) is 4.48. The van der Waals surface area contributed by atoms with Gasteiger partial charge in [0.25, 0.3) is 0 Å². The molecule has 13 heavy (non-hydrogen) atoms. The first-order valence-electron chi connectivity index (χ1n) is 3.79. The molecule has 0 saturated heterocycles. The summed E-state index contributed by atoms with van der Waals surface area (Å²) in [6, 6.07) is 5.82. The Morgan fingerprint density at radius 1 is 1.23 bits per heavy atom. The first-order valence-corrected chi connectivity index (χ1v) is 6.11. The van der Waals surface area contributed by atoms with E-state index in [4.69, 9.17) is 8.83 Å². The average Bonchev–Trinajstić information content (AvgIpc) is 2.75. The molecule has 0 atom stereocenters. The molecule has 2 nitrogen and oxygen atoms in total. The van der Waals surface area contributed by atoms with Crippen molar-refractivity contribution in [2.24, 2.45) is 0 Å². The summed E-state index contributed by atoms with van der Waals surface area (Å²) in [5.41, 5.74) is 0. The lowest BCUT2D eigenvalue weighted by molar-refractivity contribution is 0.530. The minimum atomic E-state index is 0.878. The Bertz CT molecular complexity index is 292. The van der Waals surface area contributed by atoms with Gasteiger partial charge in [0.15, 0.2) is 0 Å². The van der Waals surface area contributed by atoms with Crippen molar-refractivity contribution in [3.63, 3.8) is 0 Å². The van der Waals surface area contributed by atoms with E-state index in [0.717, 1.165) is 16.4 Å². The van der Waals surface area contributed by atoms with E-state index in [0.29, 0.717) is 0 Å². The van der Waals surface area contributed by atoms with Crippen molar-refractivity contribution in [3.05, 3.63) is 42.7 Å². The molecule has 68 valence electrons. The van der Waals surface area contributed by atoms with Gasteiger partial charge in [-0.25, -0.2) is 0 Å². The molecular formula is C9H8O2S2. The van der Waals surface area contributed by atoms with E-state index in [1.54, 1.807) is 40.4 Å². The van der Waals surface area contributed by atoms with Crippen molar-refractivity contribution >= 4 is 21.6 Å². The summed E-state index contributed by atoms with van der Waals surface area (Å²) in [5.74, 6) is 1.88. The first-order chi connectivity index (χ1) is 6.45. The maximum atomic E-state index is 5.20. The summed E-state index contributed by atoms with van der Waals surface area (Å²) >= 11 is 0. The summed E-state index contributed by atoms with van der Waals surface area (Å²) in [6.07, 6.45) is 5.11. The summed E-state index contributed by atoms with van der Waals surface area (Å²) in [7, 11) is 3.42. The van der Waals surface area contributed by atoms with Gasteiger partial charge in [-0.1, -0.05) is 21.6 Å². The maximum Gasteiger partial charge on any atom is 0.114 e. The molecule has 0 aromatic carbocycles. The van der Waals surface area contributed by atoms with Gasteiger partial charge >= 0.3 is 0 Å². The Labute approximate surface area is 84.1 Å². The molecule has 2 rings (SSSR count). The SMILES string of the molecule is c1coc(CSSc2ccoc2)c1. The summed E-state index contributed by atoms with van der Waals surface area (Å²) in [6.45, 7) is 0. The molecule has 2 aromatic rings. The predicted molar refractivity (Wildman–Crippen MR) is 54.6 cm³/mol. The Balaban J connectivity index is 1.76. The fourth-order valence-corrected chi connectivity index (χ4v) is 2.75. The third-order valence-corrected chi connectivity index (χ3v) is 3.66. The van der Waals surface area contributed by atoms with Gasteiger partial charge in [0.2, 0.25) is 0 Å². The van der Waals surface area contributed by atoms with E-state index in [1.807, 2.05) is 18.2 Å². The molecule has 0 unspecified atom stereocenters. The summed E-state index contributed by atoms with van der Waals surface area (Å²) in [4.78, 5) is 1.14.